The van der Waals surface area contributed by atoms with Crippen LogP contribution >= 0.6 is 58.0 Å². The molecule has 2 heterocycles. The molecule has 2 aromatic carbocycles. The van der Waals surface area contributed by atoms with Gasteiger partial charge in [-0.15, -0.1) is 0 Å². The van der Waals surface area contributed by atoms with Crippen molar-refractivity contribution in [3.05, 3.63) is 86.7 Å². The molecule has 0 aliphatic carbocycles. The van der Waals surface area contributed by atoms with E-state index >= 15 is 0 Å². The number of nitrogen functional groups attached to an aromatic ring is 1. The minimum atomic E-state index is -3.60. The molecule has 0 radical (unpaired) electrons. The molecule has 0 saturated carbocycles. The predicted octanol–water partition coefficient (Wildman–Crippen LogP) is 5.73. The largest absolute Gasteiger partial charge is 0.398 e. The molecule has 0 saturated heterocycles. The lowest BCUT2D eigenvalue weighted by Crippen LogP contribution is -2.23. The van der Waals surface area contributed by atoms with Crippen molar-refractivity contribution in [2.75, 3.05) is 39.2 Å². The maximum atomic E-state index is 12.3. The van der Waals surface area contributed by atoms with E-state index in [1.807, 2.05) is 0 Å². The quantitative estimate of drug-likeness (QED) is 0.142. The van der Waals surface area contributed by atoms with Gasteiger partial charge in [0, 0.05) is 28.2 Å². The molecular formula is C24H25Cl5N8O4S2. The monoisotopic (exact) mass is 728 g/mol. The second-order valence-corrected chi connectivity index (χ2v) is 14.4. The van der Waals surface area contributed by atoms with Crippen LogP contribution in [0.4, 0.5) is 17.2 Å². The number of aromatic nitrogens is 4. The number of hydrogen-bond acceptors (Lipinski definition) is 10. The van der Waals surface area contributed by atoms with Gasteiger partial charge in [-0.05, 0) is 47.5 Å². The molecule has 12 nitrogen and oxygen atoms in total. The first-order valence-electron chi connectivity index (χ1n) is 11.6. The third-order valence-corrected chi connectivity index (χ3v) is 10.0. The Labute approximate surface area is 274 Å². The summed E-state index contributed by atoms with van der Waals surface area (Å²) in [5, 5.41) is 3.70. The van der Waals surface area contributed by atoms with E-state index in [4.69, 9.17) is 63.7 Å². The molecule has 43 heavy (non-hydrogen) atoms. The molecule has 4 rings (SSSR count). The Bertz CT molecular complexity index is 1780. The van der Waals surface area contributed by atoms with Crippen LogP contribution in [-0.4, -0.2) is 73.6 Å². The van der Waals surface area contributed by atoms with Gasteiger partial charge < -0.3 is 11.1 Å². The molecule has 0 bridgehead atoms. The number of hydrogen-bond donors (Lipinski definition) is 2. The Kier molecular flexibility index (Phi) is 13.6. The van der Waals surface area contributed by atoms with Gasteiger partial charge in [0.1, 0.15) is 14.8 Å². The number of sulfonamides is 2. The number of rotatable bonds is 6. The van der Waals surface area contributed by atoms with Crippen LogP contribution in [0.25, 0.3) is 0 Å². The van der Waals surface area contributed by atoms with Crippen LogP contribution in [-0.2, 0) is 20.0 Å². The Morgan fingerprint density at radius 1 is 0.674 bits per heavy atom. The second kappa shape index (κ2) is 16.0. The third kappa shape index (κ3) is 10.3. The smallest absolute Gasteiger partial charge is 0.244 e. The summed E-state index contributed by atoms with van der Waals surface area (Å²) in [6.07, 6.45) is 2.68. The maximum absolute atomic E-state index is 12.3. The SMILES string of the molecule is CN(C)S(=O)(=O)c1ccccc1N.CN(C)S(=O)(=O)c1ccccc1Nc1nc(Cl)ncc1Cl.Clc1ncc(Cl)c(Cl)n1. The molecule has 0 aliphatic heterocycles. The fourth-order valence-corrected chi connectivity index (χ4v) is 5.51. The van der Waals surface area contributed by atoms with E-state index in [1.165, 1.54) is 52.7 Å². The molecule has 0 atom stereocenters. The maximum Gasteiger partial charge on any atom is 0.244 e. The minimum absolute atomic E-state index is 0.00912. The van der Waals surface area contributed by atoms with Crippen LogP contribution in [0.5, 0.6) is 0 Å². The highest BCUT2D eigenvalue weighted by atomic mass is 35.5. The summed E-state index contributed by atoms with van der Waals surface area (Å²) in [5.41, 5.74) is 6.16. The Morgan fingerprint density at radius 2 is 1.14 bits per heavy atom. The molecule has 0 aliphatic rings. The van der Waals surface area contributed by atoms with Crippen LogP contribution < -0.4 is 11.1 Å². The molecule has 0 unspecified atom stereocenters. The highest BCUT2D eigenvalue weighted by molar-refractivity contribution is 7.89. The summed E-state index contributed by atoms with van der Waals surface area (Å²) in [6.45, 7) is 0. The number of benzene rings is 2. The molecule has 19 heteroatoms. The average Bonchev–Trinajstić information content (AvgIpc) is 2.94. The van der Waals surface area contributed by atoms with Gasteiger partial charge in [-0.1, -0.05) is 59.1 Å². The number of nitrogens with zero attached hydrogens (tertiary/aromatic N) is 6. The number of nitrogens with one attached hydrogen (secondary N) is 1. The van der Waals surface area contributed by atoms with Crippen molar-refractivity contribution in [1.82, 2.24) is 28.5 Å². The summed E-state index contributed by atoms with van der Waals surface area (Å²) < 4.78 is 50.0. The molecule has 232 valence electrons. The fraction of sp³-hybridized carbons (Fsp3) is 0.167. The molecular weight excluding hydrogens is 706 g/mol. The van der Waals surface area contributed by atoms with E-state index < -0.39 is 20.0 Å². The van der Waals surface area contributed by atoms with Crippen molar-refractivity contribution in [2.45, 2.75) is 9.79 Å². The first kappa shape index (κ1) is 36.7. The first-order chi connectivity index (χ1) is 20.0. The Hall–Kier alpha value is -2.53. The molecule has 0 fully saturated rings. The summed E-state index contributed by atoms with van der Waals surface area (Å²) in [6, 6.07) is 12.8. The molecule has 0 spiro atoms. The van der Waals surface area contributed by atoms with Gasteiger partial charge in [0.05, 0.1) is 28.8 Å². The zero-order chi connectivity index (χ0) is 32.5. The topological polar surface area (TPSA) is 164 Å². The zero-order valence-electron chi connectivity index (χ0n) is 22.9. The van der Waals surface area contributed by atoms with Gasteiger partial charge in [0.25, 0.3) is 0 Å². The fourth-order valence-electron chi connectivity index (χ4n) is 2.79. The highest BCUT2D eigenvalue weighted by Gasteiger charge is 2.22. The van der Waals surface area contributed by atoms with E-state index in [-0.39, 0.29) is 42.0 Å². The predicted molar refractivity (Wildman–Crippen MR) is 171 cm³/mol. The van der Waals surface area contributed by atoms with E-state index in [0.29, 0.717) is 10.7 Å². The number of para-hydroxylation sites is 2. The van der Waals surface area contributed by atoms with Crippen molar-refractivity contribution in [3.8, 4) is 0 Å². The average molecular weight is 731 g/mol. The van der Waals surface area contributed by atoms with Crippen LogP contribution in [0, 0.1) is 0 Å². The molecule has 3 N–H and O–H groups in total. The first-order valence-corrected chi connectivity index (χ1v) is 16.3. The van der Waals surface area contributed by atoms with Crippen molar-refractivity contribution < 1.29 is 16.8 Å². The van der Waals surface area contributed by atoms with Gasteiger partial charge >= 0.3 is 0 Å². The molecule has 0 amide bonds. The third-order valence-electron chi connectivity index (χ3n) is 4.96. The summed E-state index contributed by atoms with van der Waals surface area (Å²) in [7, 11) is -1.13. The van der Waals surface area contributed by atoms with Crippen molar-refractivity contribution in [3.63, 3.8) is 0 Å². The lowest BCUT2D eigenvalue weighted by molar-refractivity contribution is 0.520. The summed E-state index contributed by atoms with van der Waals surface area (Å²) in [4.78, 5) is 15.1. The van der Waals surface area contributed by atoms with Gasteiger partial charge in [-0.2, -0.15) is 4.98 Å². The van der Waals surface area contributed by atoms with Gasteiger partial charge in [0.15, 0.2) is 11.0 Å². The Morgan fingerprint density at radius 3 is 1.65 bits per heavy atom. The van der Waals surface area contributed by atoms with Crippen LogP contribution in [0.2, 0.25) is 25.8 Å². The van der Waals surface area contributed by atoms with Crippen molar-refractivity contribution in [2.24, 2.45) is 0 Å². The van der Waals surface area contributed by atoms with E-state index in [1.54, 1.807) is 36.4 Å². The van der Waals surface area contributed by atoms with Gasteiger partial charge in [-0.3, -0.25) is 0 Å². The van der Waals surface area contributed by atoms with Gasteiger partial charge in [0.2, 0.25) is 30.6 Å². The summed E-state index contributed by atoms with van der Waals surface area (Å²) >= 11 is 27.9. The lowest BCUT2D eigenvalue weighted by atomic mass is 10.3. The molecule has 4 aromatic rings. The summed E-state index contributed by atoms with van der Waals surface area (Å²) in [5.74, 6) is 0.234. The standard InChI is InChI=1S/C12H12Cl2N4O2S.C8H12N2O2S.C4HCl3N2/c1-18(2)21(19,20)10-6-4-3-5-9(10)16-11-8(13)7-15-12(14)17-11;1-10(2)13(11,12)8-6-4-3-5-7(8)9;5-2-1-8-4(7)9-3(2)6/h3-7H,1-2H3,(H,15,16,17);3-6H,9H2,1-2H3;1H. The molecule has 2 aromatic heterocycles. The highest BCUT2D eigenvalue weighted by Crippen LogP contribution is 2.29. The number of halogens is 5. The second-order valence-electron chi connectivity index (χ2n) is 8.35. The normalized spacial score (nSPS) is 11.3. The number of nitrogens with two attached hydrogens (primary N) is 1. The minimum Gasteiger partial charge on any atom is -0.398 e. The van der Waals surface area contributed by atoms with Crippen molar-refractivity contribution >= 4 is 95.2 Å². The number of anilines is 3. The Balaban J connectivity index is 0.000000249. The lowest BCUT2D eigenvalue weighted by Gasteiger charge is -2.16. The van der Waals surface area contributed by atoms with Crippen LogP contribution in [0.3, 0.4) is 0 Å². The van der Waals surface area contributed by atoms with Crippen LogP contribution in [0.15, 0.2) is 70.7 Å². The van der Waals surface area contributed by atoms with Crippen LogP contribution in [0.1, 0.15) is 0 Å². The van der Waals surface area contributed by atoms with E-state index in [9.17, 15) is 16.8 Å². The van der Waals surface area contributed by atoms with Gasteiger partial charge in [-0.25, -0.2) is 40.4 Å². The zero-order valence-corrected chi connectivity index (χ0v) is 28.3. The van der Waals surface area contributed by atoms with E-state index in [2.05, 4.69) is 25.3 Å². The van der Waals surface area contributed by atoms with Crippen molar-refractivity contribution in [1.29, 1.82) is 0 Å². The van der Waals surface area contributed by atoms with E-state index in [0.717, 1.165) is 8.61 Å².